The number of ether oxygens (including phenoxy) is 3. The molecule has 0 unspecified atom stereocenters. The molecule has 0 saturated carbocycles. The van der Waals surface area contributed by atoms with E-state index in [0.29, 0.717) is 17.2 Å². The van der Waals surface area contributed by atoms with Crippen LogP contribution in [0.15, 0.2) is 47.4 Å². The Kier molecular flexibility index (Phi) is 8.36. The quantitative estimate of drug-likeness (QED) is 0.283. The van der Waals surface area contributed by atoms with E-state index in [9.17, 15) is 19.2 Å². The smallest absolute Gasteiger partial charge is 0.343 e. The zero-order valence-corrected chi connectivity index (χ0v) is 20.3. The summed E-state index contributed by atoms with van der Waals surface area (Å²) >= 11 is 6.66. The first kappa shape index (κ1) is 25.3. The largest absolute Gasteiger partial charge is 0.490 e. The molecule has 0 aliphatic carbocycles. The fourth-order valence-electron chi connectivity index (χ4n) is 2.96. The summed E-state index contributed by atoms with van der Waals surface area (Å²) in [6.45, 7) is 4.98. The number of halogens is 1. The Morgan fingerprint density at radius 3 is 2.56 bits per heavy atom. The highest BCUT2D eigenvalue weighted by molar-refractivity contribution is 8.18. The van der Waals surface area contributed by atoms with Crippen LogP contribution in [0.5, 0.6) is 11.5 Å². The monoisotopic (exact) mass is 503 g/mol. The average molecular weight is 504 g/mol. The Morgan fingerprint density at radius 1 is 1.12 bits per heavy atom. The van der Waals surface area contributed by atoms with Crippen molar-refractivity contribution in [2.45, 2.75) is 26.9 Å². The number of hydrogen-bond donors (Lipinski definition) is 0. The second-order valence-electron chi connectivity index (χ2n) is 7.35. The standard InChI is InChI=1S/C24H22ClNO7S/c1-4-31-19-10-15(8-9-18(19)33-23(29)16-6-5-7-17(25)12-16)11-20-22(28)26(24(30)34-20)13-21(27)32-14(2)3/h5-12,14H,4,13H2,1-3H3/b20-11-. The van der Waals surface area contributed by atoms with Gasteiger partial charge in [0.05, 0.1) is 23.2 Å². The minimum atomic E-state index is -0.664. The Morgan fingerprint density at radius 2 is 1.88 bits per heavy atom. The molecule has 0 spiro atoms. The Labute approximate surface area is 205 Å². The summed E-state index contributed by atoms with van der Waals surface area (Å²) in [5, 5.41) is -0.157. The summed E-state index contributed by atoms with van der Waals surface area (Å²) in [6.07, 6.45) is 1.15. The molecule has 1 heterocycles. The van der Waals surface area contributed by atoms with Crippen LogP contribution in [0.1, 0.15) is 36.7 Å². The molecule has 1 aliphatic heterocycles. The lowest BCUT2D eigenvalue weighted by molar-refractivity contribution is -0.149. The number of carbonyl (C=O) groups excluding carboxylic acids is 4. The number of thioether (sulfide) groups is 1. The molecule has 1 fully saturated rings. The summed E-state index contributed by atoms with van der Waals surface area (Å²) in [5.41, 5.74) is 0.824. The number of amides is 2. The summed E-state index contributed by atoms with van der Waals surface area (Å²) in [5.74, 6) is -1.39. The van der Waals surface area contributed by atoms with Crippen molar-refractivity contribution >= 4 is 52.5 Å². The van der Waals surface area contributed by atoms with E-state index in [0.717, 1.165) is 16.7 Å². The second kappa shape index (κ2) is 11.2. The molecular formula is C24H22ClNO7S. The molecule has 2 aromatic rings. The highest BCUT2D eigenvalue weighted by atomic mass is 35.5. The van der Waals surface area contributed by atoms with E-state index in [1.54, 1.807) is 51.1 Å². The van der Waals surface area contributed by atoms with E-state index in [1.807, 2.05) is 0 Å². The van der Waals surface area contributed by atoms with E-state index in [2.05, 4.69) is 0 Å². The minimum Gasteiger partial charge on any atom is -0.490 e. The van der Waals surface area contributed by atoms with Crippen LogP contribution in [0, 0.1) is 0 Å². The molecule has 0 N–H and O–H groups in total. The van der Waals surface area contributed by atoms with Gasteiger partial charge in [0, 0.05) is 5.02 Å². The van der Waals surface area contributed by atoms with Crippen LogP contribution in [0.3, 0.4) is 0 Å². The second-order valence-corrected chi connectivity index (χ2v) is 8.78. The molecular weight excluding hydrogens is 482 g/mol. The molecule has 0 atom stereocenters. The molecule has 0 radical (unpaired) electrons. The van der Waals surface area contributed by atoms with Gasteiger partial charge in [-0.15, -0.1) is 0 Å². The van der Waals surface area contributed by atoms with Crippen molar-refractivity contribution in [3.05, 3.63) is 63.5 Å². The van der Waals surface area contributed by atoms with Gasteiger partial charge < -0.3 is 14.2 Å². The van der Waals surface area contributed by atoms with Crippen LogP contribution in [-0.2, 0) is 14.3 Å². The van der Waals surface area contributed by atoms with Gasteiger partial charge in [0.2, 0.25) is 0 Å². The predicted molar refractivity (Wildman–Crippen MR) is 128 cm³/mol. The Hall–Kier alpha value is -3.30. The van der Waals surface area contributed by atoms with E-state index in [-0.39, 0.29) is 28.1 Å². The molecule has 2 amide bonds. The number of carbonyl (C=O) groups is 4. The molecule has 1 saturated heterocycles. The van der Waals surface area contributed by atoms with Gasteiger partial charge in [-0.1, -0.05) is 23.7 Å². The third-order valence-electron chi connectivity index (χ3n) is 4.36. The van der Waals surface area contributed by atoms with Gasteiger partial charge >= 0.3 is 11.9 Å². The third kappa shape index (κ3) is 6.39. The van der Waals surface area contributed by atoms with Gasteiger partial charge in [-0.25, -0.2) is 4.79 Å². The molecule has 34 heavy (non-hydrogen) atoms. The minimum absolute atomic E-state index is 0.147. The number of hydrogen-bond acceptors (Lipinski definition) is 8. The van der Waals surface area contributed by atoms with E-state index < -0.39 is 29.6 Å². The molecule has 8 nitrogen and oxygen atoms in total. The average Bonchev–Trinajstić information content (AvgIpc) is 3.02. The first-order valence-electron chi connectivity index (χ1n) is 10.4. The van der Waals surface area contributed by atoms with Gasteiger partial charge in [0.15, 0.2) is 11.5 Å². The van der Waals surface area contributed by atoms with Gasteiger partial charge in [0.1, 0.15) is 6.54 Å². The molecule has 10 heteroatoms. The van der Waals surface area contributed by atoms with Crippen LogP contribution in [-0.4, -0.2) is 47.2 Å². The molecule has 0 aromatic heterocycles. The van der Waals surface area contributed by atoms with Crippen LogP contribution >= 0.6 is 23.4 Å². The number of esters is 2. The highest BCUT2D eigenvalue weighted by Gasteiger charge is 2.36. The zero-order valence-electron chi connectivity index (χ0n) is 18.7. The molecule has 178 valence electrons. The first-order valence-corrected chi connectivity index (χ1v) is 11.6. The molecule has 0 bridgehead atoms. The van der Waals surface area contributed by atoms with Crippen LogP contribution in [0.2, 0.25) is 5.02 Å². The van der Waals surface area contributed by atoms with Crippen molar-refractivity contribution in [3.8, 4) is 11.5 Å². The number of imide groups is 1. The summed E-state index contributed by atoms with van der Waals surface area (Å²) in [6, 6.07) is 11.1. The maximum Gasteiger partial charge on any atom is 0.343 e. The fraction of sp³-hybridized carbons (Fsp3) is 0.250. The summed E-state index contributed by atoms with van der Waals surface area (Å²) < 4.78 is 16.1. The topological polar surface area (TPSA) is 99.2 Å². The maximum absolute atomic E-state index is 12.6. The maximum atomic E-state index is 12.6. The molecule has 3 rings (SSSR count). The van der Waals surface area contributed by atoms with Crippen molar-refractivity contribution < 1.29 is 33.4 Å². The first-order chi connectivity index (χ1) is 16.2. The van der Waals surface area contributed by atoms with Crippen molar-refractivity contribution in [2.24, 2.45) is 0 Å². The lowest BCUT2D eigenvalue weighted by Gasteiger charge is -2.13. The molecule has 2 aromatic carbocycles. The zero-order chi connectivity index (χ0) is 24.8. The number of rotatable bonds is 8. The molecule has 1 aliphatic rings. The number of nitrogens with zero attached hydrogens (tertiary/aromatic N) is 1. The Balaban J connectivity index is 1.79. The van der Waals surface area contributed by atoms with Crippen molar-refractivity contribution in [1.82, 2.24) is 4.90 Å². The highest BCUT2D eigenvalue weighted by Crippen LogP contribution is 2.35. The van der Waals surface area contributed by atoms with Crippen molar-refractivity contribution in [3.63, 3.8) is 0 Å². The Bertz CT molecular complexity index is 1160. The van der Waals surface area contributed by atoms with Crippen molar-refractivity contribution in [1.29, 1.82) is 0 Å². The van der Waals surface area contributed by atoms with Crippen molar-refractivity contribution in [2.75, 3.05) is 13.2 Å². The van der Waals surface area contributed by atoms with Crippen LogP contribution < -0.4 is 9.47 Å². The van der Waals surface area contributed by atoms with E-state index in [4.69, 9.17) is 25.8 Å². The SMILES string of the molecule is CCOc1cc(/C=C2\SC(=O)N(CC(=O)OC(C)C)C2=O)ccc1OC(=O)c1cccc(Cl)c1. The van der Waals surface area contributed by atoms with Crippen LogP contribution in [0.4, 0.5) is 4.79 Å². The van der Waals surface area contributed by atoms with Gasteiger partial charge in [-0.3, -0.25) is 19.3 Å². The van der Waals surface area contributed by atoms with E-state index >= 15 is 0 Å². The van der Waals surface area contributed by atoms with E-state index in [1.165, 1.54) is 18.2 Å². The van der Waals surface area contributed by atoms with Gasteiger partial charge in [-0.05, 0) is 74.5 Å². The van der Waals surface area contributed by atoms with Gasteiger partial charge in [0.25, 0.3) is 11.1 Å². The lowest BCUT2D eigenvalue weighted by atomic mass is 10.1. The van der Waals surface area contributed by atoms with Crippen LogP contribution in [0.25, 0.3) is 6.08 Å². The fourth-order valence-corrected chi connectivity index (χ4v) is 3.99. The number of benzene rings is 2. The summed E-state index contributed by atoms with van der Waals surface area (Å²) in [7, 11) is 0. The lowest BCUT2D eigenvalue weighted by Crippen LogP contribution is -2.35. The predicted octanol–water partition coefficient (Wildman–Crippen LogP) is 4.95. The summed E-state index contributed by atoms with van der Waals surface area (Å²) in [4.78, 5) is 50.2. The van der Waals surface area contributed by atoms with Gasteiger partial charge in [-0.2, -0.15) is 0 Å². The normalized spacial score (nSPS) is 14.6. The third-order valence-corrected chi connectivity index (χ3v) is 5.50.